The number of alkyl halides is 3. The molecule has 0 radical (unpaired) electrons. The van der Waals surface area contributed by atoms with Gasteiger partial charge in [-0.1, -0.05) is 29.3 Å². The molecule has 0 aromatic heterocycles. The number of rotatable bonds is 5. The van der Waals surface area contributed by atoms with Gasteiger partial charge in [-0.05, 0) is 55.8 Å². The molecule has 0 aliphatic carbocycles. The van der Waals surface area contributed by atoms with Gasteiger partial charge in [0.15, 0.2) is 0 Å². The smallest absolute Gasteiger partial charge is 0.338 e. The second-order valence-corrected chi connectivity index (χ2v) is 9.27. The number of halogens is 5. The van der Waals surface area contributed by atoms with E-state index < -0.39 is 23.7 Å². The van der Waals surface area contributed by atoms with E-state index in [9.17, 15) is 22.8 Å². The number of hydrogen-bond acceptors (Lipinski definition) is 5. The lowest BCUT2D eigenvalue weighted by Crippen LogP contribution is -2.42. The Morgan fingerprint density at radius 2 is 1.86 bits per heavy atom. The van der Waals surface area contributed by atoms with Gasteiger partial charge in [0.1, 0.15) is 12.6 Å². The van der Waals surface area contributed by atoms with Gasteiger partial charge in [-0.2, -0.15) is 13.2 Å². The Bertz CT molecular complexity index is 1230. The third kappa shape index (κ3) is 4.66. The summed E-state index contributed by atoms with van der Waals surface area (Å²) in [7, 11) is 1.35. The first-order chi connectivity index (χ1) is 16.9. The van der Waals surface area contributed by atoms with Crippen LogP contribution < -0.4 is 5.32 Å². The third-order valence-corrected chi connectivity index (χ3v) is 6.41. The van der Waals surface area contributed by atoms with E-state index in [2.05, 4.69) is 5.32 Å². The van der Waals surface area contributed by atoms with Crippen molar-refractivity contribution in [3.8, 4) is 0 Å². The second kappa shape index (κ2) is 9.59. The molecule has 1 saturated heterocycles. The van der Waals surface area contributed by atoms with Crippen molar-refractivity contribution in [1.82, 2.24) is 15.4 Å². The van der Waals surface area contributed by atoms with E-state index in [1.165, 1.54) is 30.3 Å². The molecule has 0 bridgehead atoms. The van der Waals surface area contributed by atoms with Gasteiger partial charge in [0.25, 0.3) is 11.8 Å². The maximum absolute atomic E-state index is 14.4. The molecule has 2 aromatic carbocycles. The fourth-order valence-electron chi connectivity index (χ4n) is 4.18. The summed E-state index contributed by atoms with van der Waals surface area (Å²) in [5.74, 6) is -0.846. The van der Waals surface area contributed by atoms with Crippen molar-refractivity contribution < 1.29 is 32.4 Å². The summed E-state index contributed by atoms with van der Waals surface area (Å²) in [6.07, 6.45) is -3.88. The summed E-state index contributed by atoms with van der Waals surface area (Å²) in [6, 6.07) is 7.39. The quantitative estimate of drug-likeness (QED) is 0.582. The SMILES string of the molecule is CCN1OC[C@@H](NC(=O)c2ccc(C3=CC(c4cc(Cl)cc(Cl)c4)(C(F)(F)F)ON3C)cc2C)C1=O. The number of nitrogens with zero attached hydrogens (tertiary/aromatic N) is 2. The molecule has 1 fully saturated rings. The highest BCUT2D eigenvalue weighted by Gasteiger charge is 2.61. The minimum atomic E-state index is -4.84. The van der Waals surface area contributed by atoms with Crippen LogP contribution in [0.4, 0.5) is 13.2 Å². The van der Waals surface area contributed by atoms with Crippen LogP contribution in [0.25, 0.3) is 5.70 Å². The Labute approximate surface area is 215 Å². The third-order valence-electron chi connectivity index (χ3n) is 5.97. The molecule has 0 spiro atoms. The number of benzene rings is 2. The minimum Gasteiger partial charge on any atom is -0.338 e. The highest BCUT2D eigenvalue weighted by Crippen LogP contribution is 2.51. The van der Waals surface area contributed by atoms with Crippen LogP contribution in [0.5, 0.6) is 0 Å². The fourth-order valence-corrected chi connectivity index (χ4v) is 4.71. The molecule has 2 aliphatic rings. The van der Waals surface area contributed by atoms with Gasteiger partial charge < -0.3 is 5.32 Å². The summed E-state index contributed by atoms with van der Waals surface area (Å²) in [6.45, 7) is 3.77. The molecule has 2 aromatic rings. The maximum atomic E-state index is 14.4. The van der Waals surface area contributed by atoms with Gasteiger partial charge in [0, 0.05) is 40.3 Å². The van der Waals surface area contributed by atoms with Gasteiger partial charge in [-0.3, -0.25) is 19.5 Å². The van der Waals surface area contributed by atoms with Gasteiger partial charge in [-0.25, -0.2) is 9.90 Å². The fraction of sp³-hybridized carbons (Fsp3) is 0.333. The molecule has 4 rings (SSSR count). The van der Waals surface area contributed by atoms with E-state index in [0.717, 1.165) is 23.3 Å². The number of carbonyl (C=O) groups excluding carboxylic acids is 2. The number of hydrogen-bond donors (Lipinski definition) is 1. The zero-order valence-electron chi connectivity index (χ0n) is 19.5. The van der Waals surface area contributed by atoms with Crippen molar-refractivity contribution in [3.63, 3.8) is 0 Å². The van der Waals surface area contributed by atoms with Crippen LogP contribution in [0.3, 0.4) is 0 Å². The zero-order valence-corrected chi connectivity index (χ0v) is 21.0. The number of nitrogens with one attached hydrogen (secondary N) is 1. The first kappa shape index (κ1) is 26.3. The highest BCUT2D eigenvalue weighted by molar-refractivity contribution is 6.34. The average Bonchev–Trinajstić information content (AvgIpc) is 3.33. The number of aryl methyl sites for hydroxylation is 1. The molecule has 192 valence electrons. The average molecular weight is 544 g/mol. The van der Waals surface area contributed by atoms with Crippen molar-refractivity contribution in [2.24, 2.45) is 0 Å². The Hall–Kier alpha value is -2.79. The lowest BCUT2D eigenvalue weighted by atomic mass is 9.91. The van der Waals surface area contributed by atoms with Crippen LogP contribution in [0.2, 0.25) is 10.0 Å². The molecule has 2 atom stereocenters. The molecule has 1 unspecified atom stereocenters. The van der Waals surface area contributed by atoms with Gasteiger partial charge in [0.2, 0.25) is 5.60 Å². The standard InChI is InChI=1S/C24H22Cl2F3N3O4/c1-4-32-22(34)19(12-35-32)30-21(33)18-6-5-14(7-13(18)2)20-11-23(24(27,28)29,36-31(20)3)15-8-16(25)10-17(26)9-15/h5-11,19H,4,12H2,1-3H3,(H,30,33)/t19-,23?/m1/s1. The minimum absolute atomic E-state index is 0.0254. The lowest BCUT2D eigenvalue weighted by Gasteiger charge is -2.31. The molecule has 0 saturated carbocycles. The van der Waals surface area contributed by atoms with Crippen LogP contribution in [0.15, 0.2) is 42.5 Å². The van der Waals surface area contributed by atoms with Crippen molar-refractivity contribution in [1.29, 1.82) is 0 Å². The van der Waals surface area contributed by atoms with E-state index in [0.29, 0.717) is 17.7 Å². The number of likely N-dealkylation sites (N-methyl/N-ethyl adjacent to an activating group) is 1. The van der Waals surface area contributed by atoms with E-state index in [1.807, 2.05) is 0 Å². The van der Waals surface area contributed by atoms with Crippen LogP contribution >= 0.6 is 23.2 Å². The van der Waals surface area contributed by atoms with Crippen LogP contribution in [0, 0.1) is 6.92 Å². The van der Waals surface area contributed by atoms with Crippen LogP contribution in [0.1, 0.15) is 34.0 Å². The van der Waals surface area contributed by atoms with Crippen LogP contribution in [-0.2, 0) is 20.1 Å². The van der Waals surface area contributed by atoms with Crippen molar-refractivity contribution in [3.05, 3.63) is 74.8 Å². The molecule has 2 heterocycles. The number of hydroxylamine groups is 4. The van der Waals surface area contributed by atoms with Gasteiger partial charge in [-0.15, -0.1) is 0 Å². The van der Waals surface area contributed by atoms with Crippen molar-refractivity contribution in [2.75, 3.05) is 20.2 Å². The number of amides is 2. The Balaban J connectivity index is 1.66. The Morgan fingerprint density at radius 1 is 1.19 bits per heavy atom. The number of carbonyl (C=O) groups is 2. The largest absolute Gasteiger partial charge is 0.428 e. The first-order valence-electron chi connectivity index (χ1n) is 10.9. The predicted octanol–water partition coefficient (Wildman–Crippen LogP) is 4.87. The highest BCUT2D eigenvalue weighted by atomic mass is 35.5. The Morgan fingerprint density at radius 3 is 2.42 bits per heavy atom. The molecule has 2 aliphatic heterocycles. The molecular weight excluding hydrogens is 522 g/mol. The molecule has 36 heavy (non-hydrogen) atoms. The maximum Gasteiger partial charge on any atom is 0.428 e. The van der Waals surface area contributed by atoms with E-state index in [4.69, 9.17) is 32.9 Å². The van der Waals surface area contributed by atoms with E-state index in [1.54, 1.807) is 19.9 Å². The zero-order chi connectivity index (χ0) is 26.4. The summed E-state index contributed by atoms with van der Waals surface area (Å²) in [4.78, 5) is 35.6. The first-order valence-corrected chi connectivity index (χ1v) is 11.7. The summed E-state index contributed by atoms with van der Waals surface area (Å²) in [5.41, 5.74) is -1.80. The van der Waals surface area contributed by atoms with Crippen molar-refractivity contribution >= 4 is 40.7 Å². The molecule has 12 heteroatoms. The van der Waals surface area contributed by atoms with Crippen molar-refractivity contribution in [2.45, 2.75) is 31.7 Å². The summed E-state index contributed by atoms with van der Waals surface area (Å²) >= 11 is 11.9. The Kier molecular flexibility index (Phi) is 7.00. The normalized spacial score (nSPS) is 22.3. The monoisotopic (exact) mass is 543 g/mol. The molecule has 7 nitrogen and oxygen atoms in total. The second-order valence-electron chi connectivity index (χ2n) is 8.39. The topological polar surface area (TPSA) is 71.1 Å². The van der Waals surface area contributed by atoms with Gasteiger partial charge in [0.05, 0.1) is 5.70 Å². The molecule has 2 amide bonds. The predicted molar refractivity (Wildman–Crippen MR) is 127 cm³/mol. The van der Waals surface area contributed by atoms with Crippen LogP contribution in [-0.4, -0.2) is 54.4 Å². The molecular formula is C24H22Cl2F3N3O4. The van der Waals surface area contributed by atoms with Gasteiger partial charge >= 0.3 is 6.18 Å². The lowest BCUT2D eigenvalue weighted by molar-refractivity contribution is -0.308. The summed E-state index contributed by atoms with van der Waals surface area (Å²) < 4.78 is 43.1. The summed E-state index contributed by atoms with van der Waals surface area (Å²) in [5, 5.41) is 4.89. The van der Waals surface area contributed by atoms with E-state index in [-0.39, 0.29) is 39.4 Å². The van der Waals surface area contributed by atoms with E-state index >= 15 is 0 Å². The molecule has 1 N–H and O–H groups in total.